The maximum atomic E-state index is 6.38. The average Bonchev–Trinajstić information content (AvgIpc) is 3.51. The van der Waals surface area contributed by atoms with Crippen molar-refractivity contribution in [1.29, 1.82) is 0 Å². The van der Waals surface area contributed by atoms with Crippen molar-refractivity contribution >= 4 is 32.7 Å². The van der Waals surface area contributed by atoms with Crippen LogP contribution < -0.4 is 0 Å². The van der Waals surface area contributed by atoms with Crippen LogP contribution in [-0.2, 0) is 0 Å². The first-order valence-electron chi connectivity index (χ1n) is 15.7. The Morgan fingerprint density at radius 2 is 0.872 bits per heavy atom. The molecule has 0 saturated carbocycles. The molecule has 0 unspecified atom stereocenters. The minimum atomic E-state index is 0.620. The number of aromatic nitrogens is 3. The van der Waals surface area contributed by atoms with Crippen LogP contribution in [0.3, 0.4) is 0 Å². The second-order valence-electron chi connectivity index (χ2n) is 11.7. The van der Waals surface area contributed by atoms with Crippen molar-refractivity contribution in [3.05, 3.63) is 164 Å². The van der Waals surface area contributed by atoms with Crippen molar-refractivity contribution in [3.63, 3.8) is 0 Å². The van der Waals surface area contributed by atoms with Crippen molar-refractivity contribution in [1.82, 2.24) is 15.0 Å². The van der Waals surface area contributed by atoms with E-state index in [9.17, 15) is 0 Å². The molecule has 7 aromatic carbocycles. The summed E-state index contributed by atoms with van der Waals surface area (Å²) in [7, 11) is 0. The highest BCUT2D eigenvalue weighted by molar-refractivity contribution is 6.10. The van der Waals surface area contributed by atoms with Gasteiger partial charge in [-0.05, 0) is 63.4 Å². The van der Waals surface area contributed by atoms with E-state index in [-0.39, 0.29) is 0 Å². The summed E-state index contributed by atoms with van der Waals surface area (Å²) in [4.78, 5) is 15.1. The molecule has 9 rings (SSSR count). The molecule has 0 spiro atoms. The standard InChI is InChI=1S/C43H27N3O/c1-3-12-28(13-4-1)35-20-9-10-21-37(35)43-45-41(29-14-5-2-6-15-29)44-42(46-43)34-19-11-18-30(24-34)33-22-23-36-38-25-31-16-7-8-17-32(31)26-40(38)47-39(36)27-33/h1-27H. The molecule has 220 valence electrons. The number of benzene rings is 7. The molecule has 0 saturated heterocycles. The Balaban J connectivity index is 1.17. The SMILES string of the molecule is c1ccc(-c2nc(-c3cccc(-c4ccc5c(c4)oc4cc6ccccc6cc45)c3)nc(-c3ccccc3-c3ccccc3)n2)cc1. The van der Waals surface area contributed by atoms with Gasteiger partial charge in [-0.15, -0.1) is 0 Å². The zero-order chi connectivity index (χ0) is 31.2. The lowest BCUT2D eigenvalue weighted by Gasteiger charge is -2.12. The first-order chi connectivity index (χ1) is 23.3. The quantitative estimate of drug-likeness (QED) is 0.197. The maximum absolute atomic E-state index is 6.38. The van der Waals surface area contributed by atoms with Gasteiger partial charge in [-0.1, -0.05) is 133 Å². The molecule has 4 heteroatoms. The average molecular weight is 602 g/mol. The van der Waals surface area contributed by atoms with Gasteiger partial charge in [0, 0.05) is 27.5 Å². The van der Waals surface area contributed by atoms with Gasteiger partial charge in [0.05, 0.1) is 0 Å². The summed E-state index contributed by atoms with van der Waals surface area (Å²) >= 11 is 0. The summed E-state index contributed by atoms with van der Waals surface area (Å²) in [6, 6.07) is 56.3. The predicted octanol–water partition coefficient (Wildman–Crippen LogP) is 11.3. The second-order valence-corrected chi connectivity index (χ2v) is 11.7. The molecule has 4 nitrogen and oxygen atoms in total. The fourth-order valence-electron chi connectivity index (χ4n) is 6.37. The van der Waals surface area contributed by atoms with Gasteiger partial charge in [0.2, 0.25) is 0 Å². The summed E-state index contributed by atoms with van der Waals surface area (Å²) in [5, 5.41) is 4.61. The Kier molecular flexibility index (Phi) is 6.43. The molecule has 0 bridgehead atoms. The van der Waals surface area contributed by atoms with E-state index in [0.29, 0.717) is 17.5 Å². The Hall–Kier alpha value is -6.39. The van der Waals surface area contributed by atoms with Crippen LogP contribution in [0.1, 0.15) is 0 Å². The third kappa shape index (κ3) is 4.93. The number of furan rings is 1. The van der Waals surface area contributed by atoms with Gasteiger partial charge in [-0.2, -0.15) is 0 Å². The third-order valence-corrected chi connectivity index (χ3v) is 8.71. The van der Waals surface area contributed by atoms with Gasteiger partial charge in [0.15, 0.2) is 17.5 Å². The highest BCUT2D eigenvalue weighted by Crippen LogP contribution is 2.36. The molecule has 47 heavy (non-hydrogen) atoms. The van der Waals surface area contributed by atoms with E-state index in [1.807, 2.05) is 42.5 Å². The van der Waals surface area contributed by atoms with Gasteiger partial charge in [-0.3, -0.25) is 0 Å². The molecule has 0 aliphatic heterocycles. The monoisotopic (exact) mass is 601 g/mol. The summed E-state index contributed by atoms with van der Waals surface area (Å²) in [5.74, 6) is 1.89. The molecule has 0 atom stereocenters. The van der Waals surface area contributed by atoms with Crippen LogP contribution in [0.2, 0.25) is 0 Å². The zero-order valence-corrected chi connectivity index (χ0v) is 25.3. The number of nitrogens with zero attached hydrogens (tertiary/aromatic N) is 3. The molecule has 0 amide bonds. The summed E-state index contributed by atoms with van der Waals surface area (Å²) in [6.45, 7) is 0. The lowest BCUT2D eigenvalue weighted by Crippen LogP contribution is -2.01. The summed E-state index contributed by atoms with van der Waals surface area (Å²) in [6.07, 6.45) is 0. The van der Waals surface area contributed by atoms with Crippen LogP contribution in [-0.4, -0.2) is 15.0 Å². The van der Waals surface area contributed by atoms with E-state index in [1.54, 1.807) is 0 Å². The van der Waals surface area contributed by atoms with Gasteiger partial charge in [-0.25, -0.2) is 15.0 Å². The highest BCUT2D eigenvalue weighted by Gasteiger charge is 2.16. The van der Waals surface area contributed by atoms with E-state index in [2.05, 4.69) is 121 Å². The van der Waals surface area contributed by atoms with Crippen molar-refractivity contribution in [3.8, 4) is 56.4 Å². The summed E-state index contributed by atoms with van der Waals surface area (Å²) in [5.41, 5.74) is 8.88. The Labute approximate surface area is 271 Å². The van der Waals surface area contributed by atoms with Gasteiger partial charge >= 0.3 is 0 Å². The lowest BCUT2D eigenvalue weighted by atomic mass is 9.99. The van der Waals surface area contributed by atoms with Gasteiger partial charge in [0.25, 0.3) is 0 Å². The highest BCUT2D eigenvalue weighted by atomic mass is 16.3. The van der Waals surface area contributed by atoms with Crippen LogP contribution in [0, 0.1) is 0 Å². The van der Waals surface area contributed by atoms with Crippen LogP contribution >= 0.6 is 0 Å². The van der Waals surface area contributed by atoms with Crippen LogP contribution in [0.4, 0.5) is 0 Å². The molecular formula is C43H27N3O. The van der Waals surface area contributed by atoms with E-state index >= 15 is 0 Å². The van der Waals surface area contributed by atoms with E-state index in [0.717, 1.165) is 60.9 Å². The second kappa shape index (κ2) is 11.2. The first-order valence-corrected chi connectivity index (χ1v) is 15.7. The van der Waals surface area contributed by atoms with Crippen molar-refractivity contribution in [2.45, 2.75) is 0 Å². The van der Waals surface area contributed by atoms with Crippen LogP contribution in [0.15, 0.2) is 168 Å². The topological polar surface area (TPSA) is 51.8 Å². The molecule has 2 heterocycles. The first kappa shape index (κ1) is 27.0. The van der Waals surface area contributed by atoms with Gasteiger partial charge < -0.3 is 4.42 Å². The molecule has 0 aliphatic carbocycles. The van der Waals surface area contributed by atoms with E-state index < -0.39 is 0 Å². The number of hydrogen-bond acceptors (Lipinski definition) is 4. The van der Waals surface area contributed by atoms with E-state index in [1.165, 1.54) is 10.8 Å². The fourth-order valence-corrected chi connectivity index (χ4v) is 6.37. The fraction of sp³-hybridized carbons (Fsp3) is 0. The predicted molar refractivity (Wildman–Crippen MR) is 192 cm³/mol. The molecular weight excluding hydrogens is 574 g/mol. The van der Waals surface area contributed by atoms with Crippen LogP contribution in [0.25, 0.3) is 89.1 Å². The molecule has 0 N–H and O–H groups in total. The molecule has 0 aliphatic rings. The van der Waals surface area contributed by atoms with Crippen molar-refractivity contribution in [2.24, 2.45) is 0 Å². The molecule has 2 aromatic heterocycles. The van der Waals surface area contributed by atoms with Gasteiger partial charge in [0.1, 0.15) is 11.2 Å². The maximum Gasteiger partial charge on any atom is 0.164 e. The van der Waals surface area contributed by atoms with Crippen molar-refractivity contribution in [2.75, 3.05) is 0 Å². The van der Waals surface area contributed by atoms with E-state index in [4.69, 9.17) is 19.4 Å². The zero-order valence-electron chi connectivity index (χ0n) is 25.3. The smallest absolute Gasteiger partial charge is 0.164 e. The Bertz CT molecular complexity index is 2570. The lowest BCUT2D eigenvalue weighted by molar-refractivity contribution is 0.669. The summed E-state index contributed by atoms with van der Waals surface area (Å²) < 4.78 is 6.38. The Morgan fingerprint density at radius 1 is 0.319 bits per heavy atom. The number of fused-ring (bicyclic) bond motifs is 4. The largest absolute Gasteiger partial charge is 0.456 e. The normalized spacial score (nSPS) is 11.4. The molecule has 9 aromatic rings. The Morgan fingerprint density at radius 3 is 1.66 bits per heavy atom. The third-order valence-electron chi connectivity index (χ3n) is 8.71. The minimum absolute atomic E-state index is 0.620. The number of hydrogen-bond donors (Lipinski definition) is 0. The minimum Gasteiger partial charge on any atom is -0.456 e. The molecule has 0 fully saturated rings. The van der Waals surface area contributed by atoms with Crippen molar-refractivity contribution < 1.29 is 4.42 Å². The molecule has 0 radical (unpaired) electrons. The van der Waals surface area contributed by atoms with Crippen LogP contribution in [0.5, 0.6) is 0 Å². The number of rotatable bonds is 5.